The van der Waals surface area contributed by atoms with Gasteiger partial charge in [0, 0.05) is 5.39 Å². The molecule has 3 aromatic carbocycles. The van der Waals surface area contributed by atoms with E-state index in [0.717, 1.165) is 30.3 Å². The Kier molecular flexibility index (Phi) is 6.57. The molecule has 168 valence electrons. The highest BCUT2D eigenvalue weighted by Gasteiger charge is 2.38. The molecule has 0 aliphatic heterocycles. The molecule has 0 fully saturated rings. The van der Waals surface area contributed by atoms with Gasteiger partial charge >= 0.3 is 12.1 Å². The van der Waals surface area contributed by atoms with Gasteiger partial charge in [0.1, 0.15) is 40.1 Å². The molecule has 3 rings (SSSR count). The lowest BCUT2D eigenvalue weighted by Gasteiger charge is -2.12. The minimum absolute atomic E-state index is 0.326. The number of benzene rings is 3. The largest absolute Gasteiger partial charge is 0.423 e. The van der Waals surface area contributed by atoms with Crippen molar-refractivity contribution in [1.82, 2.24) is 0 Å². The highest BCUT2D eigenvalue weighted by atomic mass is 19.4. The molecule has 0 unspecified atom stereocenters. The number of allylic oxidation sites excluding steroid dienone is 2. The summed E-state index contributed by atoms with van der Waals surface area (Å²) in [6, 6.07) is 5.09. The molecule has 0 aliphatic carbocycles. The number of rotatable bonds is 5. The average Bonchev–Trinajstić information content (AvgIpc) is 2.66. The molecular weight excluding hydrogens is 441 g/mol. The van der Waals surface area contributed by atoms with Crippen LogP contribution in [0.3, 0.4) is 0 Å². The van der Waals surface area contributed by atoms with Crippen LogP contribution in [0.5, 0.6) is 5.75 Å². The van der Waals surface area contributed by atoms with Crippen LogP contribution in [0.1, 0.15) is 34.8 Å². The second-order valence-corrected chi connectivity index (χ2v) is 6.86. The van der Waals surface area contributed by atoms with E-state index in [1.807, 2.05) is 0 Å². The van der Waals surface area contributed by atoms with Gasteiger partial charge in [0.05, 0.1) is 0 Å². The van der Waals surface area contributed by atoms with E-state index in [-0.39, 0.29) is 11.1 Å². The minimum atomic E-state index is -5.25. The number of carbonyl (C=O) groups is 1. The van der Waals surface area contributed by atoms with Crippen molar-refractivity contribution >= 4 is 16.7 Å². The summed E-state index contributed by atoms with van der Waals surface area (Å²) in [5.74, 6) is -7.76. The Bertz CT molecular complexity index is 1190. The number of ether oxygens (including phenoxy) is 1. The summed E-state index contributed by atoms with van der Waals surface area (Å²) < 4.78 is 100. The SMILES string of the molecule is C/C=C/CCc1cc(F)c(C(=O)Oc2ccc3c(F)c(C(F)(F)F)c(F)cc3c2)c(F)c1. The molecule has 0 saturated heterocycles. The summed E-state index contributed by atoms with van der Waals surface area (Å²) in [4.78, 5) is 12.3. The van der Waals surface area contributed by atoms with Crippen molar-refractivity contribution in [3.05, 3.63) is 88.5 Å². The van der Waals surface area contributed by atoms with E-state index in [1.165, 1.54) is 0 Å². The molecule has 9 heteroatoms. The summed E-state index contributed by atoms with van der Waals surface area (Å²) in [5, 5.41) is -0.903. The Morgan fingerprint density at radius 3 is 2.22 bits per heavy atom. The zero-order chi connectivity index (χ0) is 23.6. The number of fused-ring (bicyclic) bond motifs is 1. The molecule has 0 aromatic heterocycles. The lowest BCUT2D eigenvalue weighted by Crippen LogP contribution is -2.14. The molecule has 0 saturated carbocycles. The zero-order valence-electron chi connectivity index (χ0n) is 16.5. The molecule has 0 heterocycles. The van der Waals surface area contributed by atoms with Crippen LogP contribution < -0.4 is 4.74 Å². The van der Waals surface area contributed by atoms with Crippen molar-refractivity contribution in [2.45, 2.75) is 25.9 Å². The van der Waals surface area contributed by atoms with Crippen LogP contribution in [0.2, 0.25) is 0 Å². The second kappa shape index (κ2) is 9.02. The van der Waals surface area contributed by atoms with E-state index in [1.54, 1.807) is 19.1 Å². The summed E-state index contributed by atoms with van der Waals surface area (Å²) in [6.07, 6.45) is -0.777. The zero-order valence-corrected chi connectivity index (χ0v) is 16.5. The lowest BCUT2D eigenvalue weighted by molar-refractivity contribution is -0.142. The second-order valence-electron chi connectivity index (χ2n) is 6.86. The number of alkyl halides is 3. The minimum Gasteiger partial charge on any atom is -0.423 e. The number of hydrogen-bond acceptors (Lipinski definition) is 2. The van der Waals surface area contributed by atoms with Gasteiger partial charge in [-0.15, -0.1) is 0 Å². The van der Waals surface area contributed by atoms with Crippen molar-refractivity contribution in [3.8, 4) is 5.75 Å². The molecule has 2 nitrogen and oxygen atoms in total. The first-order valence-electron chi connectivity index (χ1n) is 9.33. The van der Waals surface area contributed by atoms with Crippen molar-refractivity contribution in [1.29, 1.82) is 0 Å². The van der Waals surface area contributed by atoms with Crippen LogP contribution in [0.25, 0.3) is 10.8 Å². The van der Waals surface area contributed by atoms with E-state index < -0.39 is 51.9 Å². The fourth-order valence-electron chi connectivity index (χ4n) is 3.17. The third kappa shape index (κ3) is 4.76. The fourth-order valence-corrected chi connectivity index (χ4v) is 3.17. The normalized spacial score (nSPS) is 12.0. The van der Waals surface area contributed by atoms with E-state index >= 15 is 0 Å². The molecule has 0 amide bonds. The van der Waals surface area contributed by atoms with Gasteiger partial charge in [0.2, 0.25) is 0 Å². The smallest absolute Gasteiger partial charge is 0.422 e. The summed E-state index contributed by atoms with van der Waals surface area (Å²) in [6.45, 7) is 1.80. The Morgan fingerprint density at radius 1 is 0.969 bits per heavy atom. The van der Waals surface area contributed by atoms with Crippen LogP contribution in [0.15, 0.2) is 48.6 Å². The maximum atomic E-state index is 14.3. The van der Waals surface area contributed by atoms with Crippen LogP contribution in [-0.4, -0.2) is 5.97 Å². The van der Waals surface area contributed by atoms with Crippen LogP contribution in [0.4, 0.5) is 30.7 Å². The number of hydrogen-bond donors (Lipinski definition) is 0. The summed E-state index contributed by atoms with van der Waals surface area (Å²) in [5.41, 5.74) is -2.69. The van der Waals surface area contributed by atoms with Gasteiger partial charge in [-0.2, -0.15) is 13.2 Å². The molecule has 0 radical (unpaired) electrons. The first-order valence-corrected chi connectivity index (χ1v) is 9.33. The third-order valence-electron chi connectivity index (χ3n) is 4.64. The van der Waals surface area contributed by atoms with E-state index in [9.17, 15) is 35.5 Å². The van der Waals surface area contributed by atoms with Crippen molar-refractivity contribution < 1.29 is 40.3 Å². The van der Waals surface area contributed by atoms with Gasteiger partial charge in [-0.1, -0.05) is 12.2 Å². The van der Waals surface area contributed by atoms with E-state index in [4.69, 9.17) is 4.74 Å². The quantitative estimate of drug-likeness (QED) is 0.177. The van der Waals surface area contributed by atoms with Crippen LogP contribution in [-0.2, 0) is 12.6 Å². The average molecular weight is 456 g/mol. The van der Waals surface area contributed by atoms with Crippen LogP contribution >= 0.6 is 0 Å². The van der Waals surface area contributed by atoms with Gasteiger partial charge in [-0.3, -0.25) is 0 Å². The first-order chi connectivity index (χ1) is 15.0. The predicted molar refractivity (Wildman–Crippen MR) is 103 cm³/mol. The number of esters is 1. The Balaban J connectivity index is 1.90. The molecule has 0 atom stereocenters. The highest BCUT2D eigenvalue weighted by molar-refractivity contribution is 5.93. The first kappa shape index (κ1) is 23.3. The topological polar surface area (TPSA) is 26.3 Å². The van der Waals surface area contributed by atoms with Crippen molar-refractivity contribution in [2.75, 3.05) is 0 Å². The van der Waals surface area contributed by atoms with Gasteiger partial charge in [-0.05, 0) is 67.1 Å². The monoisotopic (exact) mass is 456 g/mol. The van der Waals surface area contributed by atoms with Gasteiger partial charge < -0.3 is 4.74 Å². The van der Waals surface area contributed by atoms with Gasteiger partial charge in [0.25, 0.3) is 0 Å². The predicted octanol–water partition coefficient (Wildman–Crippen LogP) is 7.14. The maximum Gasteiger partial charge on any atom is 0.422 e. The molecule has 0 N–H and O–H groups in total. The van der Waals surface area contributed by atoms with Crippen molar-refractivity contribution in [3.63, 3.8) is 0 Å². The van der Waals surface area contributed by atoms with Crippen LogP contribution in [0, 0.1) is 23.3 Å². The standard InChI is InChI=1S/C23H15F7O2/c1-2-3-4-5-12-8-16(24)19(17(25)9-12)22(31)32-14-6-7-15-13(10-14)11-18(26)20(21(15)27)23(28,29)30/h2-3,6-11H,4-5H2,1H3/b3-2+. The Labute approximate surface area is 177 Å². The molecule has 0 spiro atoms. The maximum absolute atomic E-state index is 14.3. The van der Waals surface area contributed by atoms with E-state index in [0.29, 0.717) is 24.5 Å². The number of aryl methyl sites for hydroxylation is 1. The highest BCUT2D eigenvalue weighted by Crippen LogP contribution is 2.37. The lowest BCUT2D eigenvalue weighted by atomic mass is 10.0. The Hall–Kier alpha value is -3.36. The third-order valence-corrected chi connectivity index (χ3v) is 4.64. The summed E-state index contributed by atoms with van der Waals surface area (Å²) in [7, 11) is 0. The fraction of sp³-hybridized carbons (Fsp3) is 0.174. The summed E-state index contributed by atoms with van der Waals surface area (Å²) >= 11 is 0. The molecule has 3 aromatic rings. The van der Waals surface area contributed by atoms with Gasteiger partial charge in [0.15, 0.2) is 0 Å². The number of carbonyl (C=O) groups excluding carboxylic acids is 1. The molecule has 0 aliphatic rings. The van der Waals surface area contributed by atoms with Gasteiger partial charge in [-0.25, -0.2) is 22.4 Å². The Morgan fingerprint density at radius 2 is 1.62 bits per heavy atom. The molecular formula is C23H15F7O2. The molecule has 32 heavy (non-hydrogen) atoms. The van der Waals surface area contributed by atoms with Crippen molar-refractivity contribution in [2.24, 2.45) is 0 Å². The van der Waals surface area contributed by atoms with E-state index in [2.05, 4.69) is 0 Å². The number of halogens is 7. The molecule has 0 bridgehead atoms.